The van der Waals surface area contributed by atoms with Crippen molar-refractivity contribution in [1.29, 1.82) is 0 Å². The molecule has 0 amide bonds. The molecule has 0 saturated carbocycles. The maximum absolute atomic E-state index is 4.71. The first-order valence-corrected chi connectivity index (χ1v) is 7.64. The van der Waals surface area contributed by atoms with Crippen molar-refractivity contribution in [3.63, 3.8) is 0 Å². The fraction of sp³-hybridized carbons (Fsp3) is 0.643. The van der Waals surface area contributed by atoms with Crippen LogP contribution < -0.4 is 5.32 Å². The van der Waals surface area contributed by atoms with Crippen molar-refractivity contribution >= 4 is 11.3 Å². The van der Waals surface area contributed by atoms with E-state index in [-0.39, 0.29) is 11.5 Å². The largest absolute Gasteiger partial charge is 0.302 e. The van der Waals surface area contributed by atoms with E-state index in [4.69, 9.17) is 4.98 Å². The molecule has 0 saturated heterocycles. The topological polar surface area (TPSA) is 55.6 Å². The lowest BCUT2D eigenvalue weighted by Crippen LogP contribution is -2.18. The predicted molar refractivity (Wildman–Crippen MR) is 81.8 cm³/mol. The van der Waals surface area contributed by atoms with E-state index in [1.54, 1.807) is 22.3 Å². The normalized spacial score (nSPS) is 13.7. The Bertz CT molecular complexity index is 579. The van der Waals surface area contributed by atoms with Gasteiger partial charge in [0.2, 0.25) is 0 Å². The van der Waals surface area contributed by atoms with Gasteiger partial charge in [-0.15, -0.1) is 11.3 Å². The van der Waals surface area contributed by atoms with E-state index in [9.17, 15) is 0 Å². The lowest BCUT2D eigenvalue weighted by Gasteiger charge is -2.14. The van der Waals surface area contributed by atoms with Gasteiger partial charge in [-0.05, 0) is 13.8 Å². The molecule has 6 heteroatoms. The number of hydrogen-bond donors (Lipinski definition) is 1. The molecular weight excluding hydrogens is 270 g/mol. The molecule has 1 atom stereocenters. The highest BCUT2D eigenvalue weighted by molar-refractivity contribution is 7.12. The number of rotatable bonds is 4. The highest BCUT2D eigenvalue weighted by atomic mass is 32.1. The van der Waals surface area contributed by atoms with Crippen LogP contribution in [-0.2, 0) is 19.0 Å². The fourth-order valence-corrected chi connectivity index (χ4v) is 3.08. The molecule has 0 aliphatic carbocycles. The molecule has 0 radical (unpaired) electrons. The zero-order valence-corrected chi connectivity index (χ0v) is 13.9. The third-order valence-corrected chi connectivity index (χ3v) is 4.85. The van der Waals surface area contributed by atoms with Gasteiger partial charge in [0.05, 0.1) is 17.2 Å². The van der Waals surface area contributed by atoms with E-state index < -0.39 is 0 Å². The number of nitrogens with zero attached hydrogens (tertiary/aromatic N) is 4. The Labute approximate surface area is 124 Å². The molecule has 20 heavy (non-hydrogen) atoms. The van der Waals surface area contributed by atoms with Crippen LogP contribution in [0.5, 0.6) is 0 Å². The summed E-state index contributed by atoms with van der Waals surface area (Å²) in [7, 11) is 1.88. The predicted octanol–water partition coefficient (Wildman–Crippen LogP) is 2.73. The fourth-order valence-electron chi connectivity index (χ4n) is 1.93. The molecule has 1 N–H and O–H groups in total. The minimum atomic E-state index is 0.107. The third-order valence-electron chi connectivity index (χ3n) is 3.08. The van der Waals surface area contributed by atoms with Crippen LogP contribution >= 0.6 is 11.3 Å². The summed E-state index contributed by atoms with van der Waals surface area (Å²) in [5.41, 5.74) is 1.23. The highest BCUT2D eigenvalue weighted by Crippen LogP contribution is 2.32. The first-order chi connectivity index (χ1) is 9.27. The van der Waals surface area contributed by atoms with Gasteiger partial charge in [-0.25, -0.2) is 9.97 Å². The number of hydrogen-bond acceptors (Lipinski definition) is 5. The van der Waals surface area contributed by atoms with E-state index in [0.29, 0.717) is 6.54 Å². The molecule has 1 unspecified atom stereocenters. The first-order valence-electron chi connectivity index (χ1n) is 6.83. The van der Waals surface area contributed by atoms with Crippen molar-refractivity contribution in [3.05, 3.63) is 27.7 Å². The molecule has 0 aliphatic heterocycles. The van der Waals surface area contributed by atoms with Crippen molar-refractivity contribution in [1.82, 2.24) is 25.1 Å². The van der Waals surface area contributed by atoms with Crippen LogP contribution in [0.2, 0.25) is 0 Å². The quantitative estimate of drug-likeness (QED) is 0.941. The van der Waals surface area contributed by atoms with E-state index in [0.717, 1.165) is 11.5 Å². The van der Waals surface area contributed by atoms with Gasteiger partial charge >= 0.3 is 0 Å². The standard InChI is InChI=1S/C14H23N5S/c1-9(15-7-11-16-8-19(6)18-11)12-10(2)17-13(20-12)14(3,4)5/h8-9,15H,7H2,1-6H3. The Morgan fingerprint density at radius 3 is 2.60 bits per heavy atom. The summed E-state index contributed by atoms with van der Waals surface area (Å²) in [6.07, 6.45) is 1.72. The highest BCUT2D eigenvalue weighted by Gasteiger charge is 2.22. The minimum Gasteiger partial charge on any atom is -0.302 e. The Balaban J connectivity index is 2.05. The molecule has 2 aromatic rings. The molecule has 0 fully saturated rings. The van der Waals surface area contributed by atoms with Crippen LogP contribution in [0, 0.1) is 6.92 Å². The minimum absolute atomic E-state index is 0.107. The van der Waals surface area contributed by atoms with E-state index in [1.807, 2.05) is 7.05 Å². The maximum atomic E-state index is 4.71. The SMILES string of the molecule is Cc1nc(C(C)(C)C)sc1C(C)NCc1ncn(C)n1. The van der Waals surface area contributed by atoms with Crippen molar-refractivity contribution in [2.45, 2.75) is 52.6 Å². The number of thiazole rings is 1. The summed E-state index contributed by atoms with van der Waals surface area (Å²) in [6, 6.07) is 0.257. The van der Waals surface area contributed by atoms with Crippen LogP contribution in [0.4, 0.5) is 0 Å². The molecule has 2 aromatic heterocycles. The van der Waals surface area contributed by atoms with Gasteiger partial charge in [-0.1, -0.05) is 20.8 Å². The van der Waals surface area contributed by atoms with Crippen molar-refractivity contribution in [3.8, 4) is 0 Å². The van der Waals surface area contributed by atoms with Gasteiger partial charge in [0.15, 0.2) is 5.82 Å². The summed E-state index contributed by atoms with van der Waals surface area (Å²) < 4.78 is 1.72. The van der Waals surface area contributed by atoms with Crippen molar-refractivity contribution in [2.75, 3.05) is 0 Å². The van der Waals surface area contributed by atoms with Gasteiger partial charge in [0.25, 0.3) is 0 Å². The molecule has 2 heterocycles. The average Bonchev–Trinajstić information content (AvgIpc) is 2.92. The smallest absolute Gasteiger partial charge is 0.164 e. The summed E-state index contributed by atoms with van der Waals surface area (Å²) in [5.74, 6) is 0.817. The van der Waals surface area contributed by atoms with Crippen LogP contribution in [0.15, 0.2) is 6.33 Å². The Morgan fingerprint density at radius 2 is 2.10 bits per heavy atom. The Hall–Kier alpha value is -1.27. The van der Waals surface area contributed by atoms with Crippen LogP contribution in [-0.4, -0.2) is 19.7 Å². The van der Waals surface area contributed by atoms with Gasteiger partial charge in [0, 0.05) is 23.4 Å². The molecule has 2 rings (SSSR count). The molecule has 5 nitrogen and oxygen atoms in total. The second-order valence-electron chi connectivity index (χ2n) is 6.16. The van der Waals surface area contributed by atoms with Gasteiger partial charge in [-0.2, -0.15) is 5.10 Å². The zero-order chi connectivity index (χ0) is 14.9. The summed E-state index contributed by atoms with van der Waals surface area (Å²) in [6.45, 7) is 11.5. The van der Waals surface area contributed by atoms with Crippen molar-refractivity contribution in [2.24, 2.45) is 7.05 Å². The number of nitrogens with one attached hydrogen (secondary N) is 1. The molecule has 0 aliphatic rings. The molecule has 110 valence electrons. The number of aromatic nitrogens is 4. The first kappa shape index (κ1) is 15.1. The van der Waals surface area contributed by atoms with Gasteiger partial charge < -0.3 is 5.32 Å². The van der Waals surface area contributed by atoms with E-state index in [1.165, 1.54) is 9.88 Å². The molecular formula is C14H23N5S. The third kappa shape index (κ3) is 3.43. The van der Waals surface area contributed by atoms with Crippen LogP contribution in [0.3, 0.4) is 0 Å². The van der Waals surface area contributed by atoms with E-state index >= 15 is 0 Å². The molecule has 0 bridgehead atoms. The lowest BCUT2D eigenvalue weighted by atomic mass is 9.98. The average molecular weight is 293 g/mol. The van der Waals surface area contributed by atoms with Crippen molar-refractivity contribution < 1.29 is 0 Å². The maximum Gasteiger partial charge on any atom is 0.164 e. The second kappa shape index (κ2) is 5.61. The van der Waals surface area contributed by atoms with Crippen LogP contribution in [0.25, 0.3) is 0 Å². The molecule has 0 aromatic carbocycles. The lowest BCUT2D eigenvalue weighted by molar-refractivity contribution is 0.560. The van der Waals surface area contributed by atoms with Crippen LogP contribution in [0.1, 0.15) is 55.1 Å². The summed E-state index contributed by atoms with van der Waals surface area (Å²) >= 11 is 1.80. The molecule has 0 spiro atoms. The monoisotopic (exact) mass is 293 g/mol. The number of aryl methyl sites for hydroxylation is 2. The van der Waals surface area contributed by atoms with Gasteiger partial charge in [0.1, 0.15) is 6.33 Å². The zero-order valence-electron chi connectivity index (χ0n) is 13.1. The Kier molecular flexibility index (Phi) is 4.25. The van der Waals surface area contributed by atoms with Gasteiger partial charge in [-0.3, -0.25) is 4.68 Å². The Morgan fingerprint density at radius 1 is 1.40 bits per heavy atom. The summed E-state index contributed by atoms with van der Waals surface area (Å²) in [5, 5.41) is 8.93. The van der Waals surface area contributed by atoms with E-state index in [2.05, 4.69) is 50.0 Å². The second-order valence-corrected chi connectivity index (χ2v) is 7.19. The summed E-state index contributed by atoms with van der Waals surface area (Å²) in [4.78, 5) is 10.2.